The second kappa shape index (κ2) is 9.24. The summed E-state index contributed by atoms with van der Waals surface area (Å²) < 4.78 is 24.6. The molecular weight excluding hydrogens is 384 g/mol. The minimum Gasteiger partial charge on any atom is -0.372 e. The number of sulfone groups is 1. The van der Waals surface area contributed by atoms with Crippen LogP contribution in [0.4, 0.5) is 11.4 Å². The Labute approximate surface area is 166 Å². The number of carbonyl (C=O) groups excluding carboxylic acids is 1. The average Bonchev–Trinajstić information content (AvgIpc) is 2.64. The van der Waals surface area contributed by atoms with E-state index in [1.54, 1.807) is 0 Å². The molecule has 0 heterocycles. The highest BCUT2D eigenvalue weighted by Crippen LogP contribution is 2.23. The first-order valence-corrected chi connectivity index (χ1v) is 10.9. The van der Waals surface area contributed by atoms with E-state index in [4.69, 9.17) is 11.6 Å². The van der Waals surface area contributed by atoms with Gasteiger partial charge in [-0.15, -0.1) is 0 Å². The van der Waals surface area contributed by atoms with Crippen molar-refractivity contribution >= 4 is 38.7 Å². The Kier molecular flexibility index (Phi) is 7.27. The number of nitrogens with zero attached hydrogens (tertiary/aromatic N) is 1. The Bertz CT molecular complexity index is 892. The summed E-state index contributed by atoms with van der Waals surface area (Å²) in [6.45, 7) is 7.92. The maximum Gasteiger partial charge on any atom is 0.225 e. The third-order valence-corrected chi connectivity index (χ3v) is 6.37. The number of benzene rings is 2. The van der Waals surface area contributed by atoms with Gasteiger partial charge in [0.1, 0.15) is 0 Å². The zero-order valence-electron chi connectivity index (χ0n) is 15.8. The van der Waals surface area contributed by atoms with Crippen LogP contribution in [0, 0.1) is 6.92 Å². The summed E-state index contributed by atoms with van der Waals surface area (Å²) in [6, 6.07) is 11.8. The Morgan fingerprint density at radius 3 is 2.26 bits per heavy atom. The van der Waals surface area contributed by atoms with Gasteiger partial charge in [0.05, 0.1) is 10.6 Å². The number of anilines is 2. The third kappa shape index (κ3) is 5.71. The fraction of sp³-hybridized carbons (Fsp3) is 0.350. The van der Waals surface area contributed by atoms with Crippen LogP contribution in [-0.4, -0.2) is 33.2 Å². The van der Waals surface area contributed by atoms with Gasteiger partial charge in [-0.05, 0) is 68.8 Å². The van der Waals surface area contributed by atoms with E-state index in [1.165, 1.54) is 24.3 Å². The summed E-state index contributed by atoms with van der Waals surface area (Å²) in [7, 11) is -3.53. The summed E-state index contributed by atoms with van der Waals surface area (Å²) in [5.74, 6) is -0.580. The van der Waals surface area contributed by atoms with Crippen molar-refractivity contribution in [2.45, 2.75) is 32.1 Å². The van der Waals surface area contributed by atoms with Gasteiger partial charge in [0.15, 0.2) is 9.84 Å². The van der Waals surface area contributed by atoms with E-state index in [9.17, 15) is 13.2 Å². The lowest BCUT2D eigenvalue weighted by molar-refractivity contribution is -0.115. The zero-order chi connectivity index (χ0) is 20.0. The number of nitrogens with one attached hydrogen (secondary N) is 1. The highest BCUT2D eigenvalue weighted by Gasteiger charge is 2.17. The molecular formula is C20H25ClN2O3S. The molecule has 7 heteroatoms. The van der Waals surface area contributed by atoms with Crippen LogP contribution in [0.15, 0.2) is 47.4 Å². The van der Waals surface area contributed by atoms with Crippen LogP contribution in [0.1, 0.15) is 25.8 Å². The molecule has 146 valence electrons. The highest BCUT2D eigenvalue weighted by atomic mass is 35.5. The van der Waals surface area contributed by atoms with E-state index < -0.39 is 9.84 Å². The van der Waals surface area contributed by atoms with Gasteiger partial charge in [-0.2, -0.15) is 0 Å². The molecule has 0 fully saturated rings. The van der Waals surface area contributed by atoms with Crippen molar-refractivity contribution in [2.75, 3.05) is 29.1 Å². The monoisotopic (exact) mass is 408 g/mol. The molecule has 0 saturated carbocycles. The topological polar surface area (TPSA) is 66.5 Å². The molecule has 0 spiro atoms. The van der Waals surface area contributed by atoms with Gasteiger partial charge in [-0.1, -0.05) is 11.6 Å². The van der Waals surface area contributed by atoms with Crippen LogP contribution in [0.25, 0.3) is 0 Å². The predicted molar refractivity (Wildman–Crippen MR) is 111 cm³/mol. The van der Waals surface area contributed by atoms with Gasteiger partial charge in [0.2, 0.25) is 5.91 Å². The van der Waals surface area contributed by atoms with E-state index in [1.807, 2.05) is 25.1 Å². The molecule has 27 heavy (non-hydrogen) atoms. The molecule has 0 radical (unpaired) electrons. The van der Waals surface area contributed by atoms with Crippen molar-refractivity contribution in [2.24, 2.45) is 0 Å². The molecule has 2 rings (SSSR count). The summed E-state index contributed by atoms with van der Waals surface area (Å²) in [5.41, 5.74) is 2.73. The smallest absolute Gasteiger partial charge is 0.225 e. The van der Waals surface area contributed by atoms with Crippen molar-refractivity contribution in [3.05, 3.63) is 53.1 Å². The van der Waals surface area contributed by atoms with Crippen LogP contribution in [0.5, 0.6) is 0 Å². The van der Waals surface area contributed by atoms with Crippen LogP contribution in [0.2, 0.25) is 5.02 Å². The van der Waals surface area contributed by atoms with Gasteiger partial charge < -0.3 is 10.2 Å². The minimum absolute atomic E-state index is 0.109. The number of halogens is 1. The molecule has 5 nitrogen and oxygen atoms in total. The Hall–Kier alpha value is -2.05. The SMILES string of the molecule is CCN(CC)c1ccc(NC(=O)CCS(=O)(=O)c2ccc(Cl)cc2)c(C)c1. The quantitative estimate of drug-likeness (QED) is 0.707. The summed E-state index contributed by atoms with van der Waals surface area (Å²) >= 11 is 5.78. The van der Waals surface area contributed by atoms with E-state index in [0.29, 0.717) is 10.7 Å². The minimum atomic E-state index is -3.53. The second-order valence-electron chi connectivity index (χ2n) is 6.24. The molecule has 0 aliphatic heterocycles. The lowest BCUT2D eigenvalue weighted by Crippen LogP contribution is -2.22. The van der Waals surface area contributed by atoms with Crippen LogP contribution in [0.3, 0.4) is 0 Å². The van der Waals surface area contributed by atoms with Crippen molar-refractivity contribution in [3.8, 4) is 0 Å². The molecule has 0 unspecified atom stereocenters. The number of hydrogen-bond acceptors (Lipinski definition) is 4. The maximum atomic E-state index is 12.3. The molecule has 0 atom stereocenters. The van der Waals surface area contributed by atoms with E-state index in [-0.39, 0.29) is 23.0 Å². The van der Waals surface area contributed by atoms with E-state index >= 15 is 0 Å². The summed E-state index contributed by atoms with van der Waals surface area (Å²) in [4.78, 5) is 14.6. The van der Waals surface area contributed by atoms with E-state index in [0.717, 1.165) is 24.3 Å². The lowest BCUT2D eigenvalue weighted by atomic mass is 10.1. The molecule has 0 aromatic heterocycles. The first kappa shape index (κ1) is 21.3. The summed E-state index contributed by atoms with van der Waals surface area (Å²) in [5, 5.41) is 3.27. The lowest BCUT2D eigenvalue weighted by Gasteiger charge is -2.22. The average molecular weight is 409 g/mol. The van der Waals surface area contributed by atoms with Crippen molar-refractivity contribution in [1.29, 1.82) is 0 Å². The molecule has 0 bridgehead atoms. The normalized spacial score (nSPS) is 11.3. The molecule has 0 aliphatic rings. The van der Waals surface area contributed by atoms with Crippen molar-refractivity contribution in [3.63, 3.8) is 0 Å². The highest BCUT2D eigenvalue weighted by molar-refractivity contribution is 7.91. The second-order valence-corrected chi connectivity index (χ2v) is 8.79. The Morgan fingerprint density at radius 1 is 1.07 bits per heavy atom. The summed E-state index contributed by atoms with van der Waals surface area (Å²) in [6.07, 6.45) is -0.109. The van der Waals surface area contributed by atoms with E-state index in [2.05, 4.69) is 24.1 Å². The van der Waals surface area contributed by atoms with Crippen LogP contribution >= 0.6 is 11.6 Å². The number of rotatable bonds is 8. The number of hydrogen-bond donors (Lipinski definition) is 1. The number of aryl methyl sites for hydroxylation is 1. The zero-order valence-corrected chi connectivity index (χ0v) is 17.4. The molecule has 0 aliphatic carbocycles. The van der Waals surface area contributed by atoms with Gasteiger partial charge in [0, 0.05) is 35.9 Å². The van der Waals surface area contributed by atoms with Crippen LogP contribution in [-0.2, 0) is 14.6 Å². The van der Waals surface area contributed by atoms with Gasteiger partial charge in [0.25, 0.3) is 0 Å². The maximum absolute atomic E-state index is 12.3. The fourth-order valence-electron chi connectivity index (χ4n) is 2.77. The fourth-order valence-corrected chi connectivity index (χ4v) is 4.14. The molecule has 2 aromatic carbocycles. The standard InChI is InChI=1S/C20H25ClN2O3S/c1-4-23(5-2)17-8-11-19(15(3)14-17)22-20(24)12-13-27(25,26)18-9-6-16(21)7-10-18/h6-11,14H,4-5,12-13H2,1-3H3,(H,22,24). The predicted octanol–water partition coefficient (Wildman–Crippen LogP) is 4.30. The molecule has 1 amide bonds. The molecule has 2 aromatic rings. The largest absolute Gasteiger partial charge is 0.372 e. The number of carbonyl (C=O) groups is 1. The van der Waals surface area contributed by atoms with Gasteiger partial charge in [-0.25, -0.2) is 8.42 Å². The molecule has 1 N–H and O–H groups in total. The third-order valence-electron chi connectivity index (χ3n) is 4.38. The number of amides is 1. The van der Waals surface area contributed by atoms with Crippen molar-refractivity contribution in [1.82, 2.24) is 0 Å². The first-order valence-electron chi connectivity index (χ1n) is 8.90. The van der Waals surface area contributed by atoms with Gasteiger partial charge in [-0.3, -0.25) is 4.79 Å². The van der Waals surface area contributed by atoms with Crippen LogP contribution < -0.4 is 10.2 Å². The van der Waals surface area contributed by atoms with Gasteiger partial charge >= 0.3 is 0 Å². The van der Waals surface area contributed by atoms with Crippen molar-refractivity contribution < 1.29 is 13.2 Å². The Balaban J connectivity index is 2.00. The first-order chi connectivity index (χ1) is 12.8. The molecule has 0 saturated heterocycles. The Morgan fingerprint density at radius 2 is 1.70 bits per heavy atom.